The van der Waals surface area contributed by atoms with E-state index in [2.05, 4.69) is 11.4 Å². The third-order valence-electron chi connectivity index (χ3n) is 6.86. The van der Waals surface area contributed by atoms with Gasteiger partial charge in [0.1, 0.15) is 0 Å². The highest BCUT2D eigenvalue weighted by molar-refractivity contribution is 6.30. The van der Waals surface area contributed by atoms with Crippen molar-refractivity contribution in [2.45, 2.75) is 44.4 Å². The molecule has 5 heteroatoms. The smallest absolute Gasteiger partial charge is 0.226 e. The van der Waals surface area contributed by atoms with Crippen molar-refractivity contribution in [2.24, 2.45) is 28.9 Å². The average Bonchev–Trinajstić information content (AvgIpc) is 3.20. The molecule has 1 saturated heterocycles. The minimum Gasteiger partial charge on any atom is -0.369 e. The Balaban J connectivity index is 1.78. The first-order chi connectivity index (χ1) is 12.0. The molecule has 2 amide bonds. The molecular weight excluding hydrogens is 336 g/mol. The van der Waals surface area contributed by atoms with Crippen LogP contribution in [0.1, 0.15) is 50.0 Å². The van der Waals surface area contributed by atoms with Gasteiger partial charge < -0.3 is 11.1 Å². The van der Waals surface area contributed by atoms with Crippen molar-refractivity contribution in [1.29, 1.82) is 0 Å². The van der Waals surface area contributed by atoms with Crippen molar-refractivity contribution >= 4 is 23.4 Å². The number of primary amides is 1. The summed E-state index contributed by atoms with van der Waals surface area (Å²) in [5.74, 6) is 0.301. The van der Waals surface area contributed by atoms with Crippen molar-refractivity contribution in [1.82, 2.24) is 5.32 Å². The summed E-state index contributed by atoms with van der Waals surface area (Å²) in [5.41, 5.74) is 6.47. The molecule has 0 bridgehead atoms. The Bertz CT molecular complexity index is 701. The molecule has 1 aromatic carbocycles. The van der Waals surface area contributed by atoms with Gasteiger partial charge in [-0.15, -0.1) is 0 Å². The Morgan fingerprint density at radius 3 is 2.68 bits per heavy atom. The first kappa shape index (κ1) is 16.9. The predicted molar refractivity (Wildman–Crippen MR) is 97.0 cm³/mol. The van der Waals surface area contributed by atoms with Gasteiger partial charge in [-0.05, 0) is 61.1 Å². The van der Waals surface area contributed by atoms with Gasteiger partial charge >= 0.3 is 0 Å². The summed E-state index contributed by atoms with van der Waals surface area (Å²) in [4.78, 5) is 24.8. The van der Waals surface area contributed by atoms with E-state index >= 15 is 0 Å². The number of carbonyl (C=O) groups excluding carboxylic acids is 2. The molecule has 0 aromatic heterocycles. The van der Waals surface area contributed by atoms with Crippen LogP contribution in [0.3, 0.4) is 0 Å². The molecule has 1 aromatic rings. The standard InChI is InChI=1S/C20H25ClN2O2/c21-14-7-3-6-13(10-14)16(12-4-1-2-5-12)17-15(18(22)24)11-20(17)8-9-23-19(20)25/h3,6-7,10,12,15-17H,1-2,4-5,8-9,11H2,(H2,22,24)(H,23,25)/t15?,16-,17?,20?/m1/s1. The first-order valence-electron chi connectivity index (χ1n) is 9.36. The highest BCUT2D eigenvalue weighted by atomic mass is 35.5. The van der Waals surface area contributed by atoms with Crippen LogP contribution in [0.4, 0.5) is 0 Å². The Labute approximate surface area is 153 Å². The number of nitrogens with one attached hydrogen (secondary N) is 1. The molecule has 4 nitrogen and oxygen atoms in total. The van der Waals surface area contributed by atoms with Crippen LogP contribution >= 0.6 is 11.6 Å². The van der Waals surface area contributed by atoms with Crippen molar-refractivity contribution in [3.63, 3.8) is 0 Å². The van der Waals surface area contributed by atoms with Crippen molar-refractivity contribution in [3.8, 4) is 0 Å². The summed E-state index contributed by atoms with van der Waals surface area (Å²) in [7, 11) is 0. The lowest BCUT2D eigenvalue weighted by molar-refractivity contribution is -0.155. The quantitative estimate of drug-likeness (QED) is 0.865. The highest BCUT2D eigenvalue weighted by Gasteiger charge is 2.64. The van der Waals surface area contributed by atoms with Gasteiger partial charge in [-0.3, -0.25) is 9.59 Å². The summed E-state index contributed by atoms with van der Waals surface area (Å²) in [6.07, 6.45) is 6.14. The number of hydrogen-bond donors (Lipinski definition) is 2. The molecule has 3 N–H and O–H groups in total. The van der Waals surface area contributed by atoms with E-state index in [9.17, 15) is 9.59 Å². The Morgan fingerprint density at radius 1 is 1.32 bits per heavy atom. The molecule has 1 aliphatic heterocycles. The zero-order valence-electron chi connectivity index (χ0n) is 14.3. The molecule has 2 aliphatic carbocycles. The maximum atomic E-state index is 12.7. The number of hydrogen-bond acceptors (Lipinski definition) is 2. The summed E-state index contributed by atoms with van der Waals surface area (Å²) in [6.45, 7) is 0.702. The number of nitrogens with two attached hydrogens (primary N) is 1. The topological polar surface area (TPSA) is 72.2 Å². The van der Waals surface area contributed by atoms with E-state index in [1.807, 2.05) is 18.2 Å². The third-order valence-corrected chi connectivity index (χ3v) is 7.09. The first-order valence-corrected chi connectivity index (χ1v) is 9.74. The largest absolute Gasteiger partial charge is 0.369 e. The minimum absolute atomic E-state index is 0.00549. The molecule has 1 heterocycles. The van der Waals surface area contributed by atoms with Gasteiger partial charge in [0.2, 0.25) is 11.8 Å². The fourth-order valence-electron chi connectivity index (χ4n) is 5.76. The Hall–Kier alpha value is -1.55. The van der Waals surface area contributed by atoms with Crippen LogP contribution in [0.25, 0.3) is 0 Å². The lowest BCUT2D eigenvalue weighted by Crippen LogP contribution is -2.59. The number of rotatable bonds is 4. The Morgan fingerprint density at radius 2 is 2.08 bits per heavy atom. The van der Waals surface area contributed by atoms with Crippen LogP contribution in [-0.2, 0) is 9.59 Å². The van der Waals surface area contributed by atoms with Crippen molar-refractivity contribution in [3.05, 3.63) is 34.9 Å². The van der Waals surface area contributed by atoms with Gasteiger partial charge in [0.15, 0.2) is 0 Å². The van der Waals surface area contributed by atoms with Crippen molar-refractivity contribution < 1.29 is 9.59 Å². The van der Waals surface area contributed by atoms with Gasteiger partial charge in [-0.2, -0.15) is 0 Å². The zero-order chi connectivity index (χ0) is 17.6. The van der Waals surface area contributed by atoms with Crippen molar-refractivity contribution in [2.75, 3.05) is 6.54 Å². The zero-order valence-corrected chi connectivity index (χ0v) is 15.1. The molecule has 3 aliphatic rings. The maximum absolute atomic E-state index is 12.7. The fraction of sp³-hybridized carbons (Fsp3) is 0.600. The number of carbonyl (C=O) groups is 2. The second-order valence-corrected chi connectivity index (χ2v) is 8.46. The Kier molecular flexibility index (Phi) is 4.27. The monoisotopic (exact) mass is 360 g/mol. The molecule has 4 rings (SSSR count). The maximum Gasteiger partial charge on any atom is 0.226 e. The second-order valence-electron chi connectivity index (χ2n) is 8.03. The molecule has 1 spiro atoms. The van der Waals surface area contributed by atoms with Gasteiger partial charge in [-0.1, -0.05) is 36.6 Å². The van der Waals surface area contributed by atoms with E-state index < -0.39 is 5.41 Å². The van der Waals surface area contributed by atoms with Gasteiger partial charge in [0, 0.05) is 17.5 Å². The number of halogens is 1. The molecular formula is C20H25ClN2O2. The third kappa shape index (κ3) is 2.66. The van der Waals surface area contributed by atoms with Gasteiger partial charge in [0.05, 0.1) is 5.41 Å². The van der Waals surface area contributed by atoms with E-state index in [-0.39, 0.29) is 29.6 Å². The fourth-order valence-corrected chi connectivity index (χ4v) is 5.95. The van der Waals surface area contributed by atoms with E-state index in [0.717, 1.165) is 24.8 Å². The second kappa shape index (κ2) is 6.31. The number of benzene rings is 1. The van der Waals surface area contributed by atoms with E-state index in [1.165, 1.54) is 12.8 Å². The average molecular weight is 361 g/mol. The normalized spacial score (nSPS) is 33.2. The predicted octanol–water partition coefficient (Wildman–Crippen LogP) is 3.24. The molecule has 4 atom stereocenters. The molecule has 3 fully saturated rings. The van der Waals surface area contributed by atoms with E-state index in [1.54, 1.807) is 0 Å². The van der Waals surface area contributed by atoms with Crippen LogP contribution in [0, 0.1) is 23.2 Å². The highest BCUT2D eigenvalue weighted by Crippen LogP contribution is 2.63. The molecule has 2 saturated carbocycles. The van der Waals surface area contributed by atoms with Gasteiger partial charge in [-0.25, -0.2) is 0 Å². The SMILES string of the molecule is NC(=O)C1CC2(CCNC2=O)C1[C@@H](c1cccc(Cl)c1)C1CCCC1. The summed E-state index contributed by atoms with van der Waals surface area (Å²) < 4.78 is 0. The molecule has 0 radical (unpaired) electrons. The number of amides is 2. The molecule has 25 heavy (non-hydrogen) atoms. The lowest BCUT2D eigenvalue weighted by atomic mass is 9.46. The summed E-state index contributed by atoms with van der Waals surface area (Å²) >= 11 is 6.27. The summed E-state index contributed by atoms with van der Waals surface area (Å²) in [5, 5.41) is 3.70. The van der Waals surface area contributed by atoms with Crippen LogP contribution in [0.15, 0.2) is 24.3 Å². The molecule has 3 unspecified atom stereocenters. The van der Waals surface area contributed by atoms with E-state index in [0.29, 0.717) is 23.9 Å². The van der Waals surface area contributed by atoms with E-state index in [4.69, 9.17) is 17.3 Å². The van der Waals surface area contributed by atoms with Crippen LogP contribution in [0.5, 0.6) is 0 Å². The van der Waals surface area contributed by atoms with Crippen LogP contribution in [-0.4, -0.2) is 18.4 Å². The lowest BCUT2D eigenvalue weighted by Gasteiger charge is -2.55. The molecule has 134 valence electrons. The van der Waals surface area contributed by atoms with Crippen LogP contribution < -0.4 is 11.1 Å². The van der Waals surface area contributed by atoms with Crippen LogP contribution in [0.2, 0.25) is 5.02 Å². The minimum atomic E-state index is -0.421. The summed E-state index contributed by atoms with van der Waals surface area (Å²) in [6, 6.07) is 7.97. The van der Waals surface area contributed by atoms with Gasteiger partial charge in [0.25, 0.3) is 0 Å².